The van der Waals surface area contributed by atoms with Gasteiger partial charge in [0.25, 0.3) is 0 Å². The average molecular weight is 216 g/mol. The quantitative estimate of drug-likeness (QED) is 0.626. The Bertz CT molecular complexity index is 665. The molecule has 3 aromatic rings. The first-order valence-electron chi connectivity index (χ1n) is 5.23. The molecule has 0 saturated carbocycles. The second-order valence-corrected chi connectivity index (χ2v) is 4.19. The molecule has 0 unspecified atom stereocenters. The van der Waals surface area contributed by atoms with Crippen molar-refractivity contribution in [3.8, 4) is 0 Å². The lowest BCUT2D eigenvalue weighted by Crippen LogP contribution is -2.00. The molecule has 82 valence electrons. The summed E-state index contributed by atoms with van der Waals surface area (Å²) in [6.45, 7) is 4.23. The van der Waals surface area contributed by atoms with E-state index in [2.05, 4.69) is 28.8 Å². The summed E-state index contributed by atoms with van der Waals surface area (Å²) in [5, 5.41) is 0. The zero-order chi connectivity index (χ0) is 11.3. The average Bonchev–Trinajstić information content (AvgIpc) is 2.80. The fourth-order valence-electron chi connectivity index (χ4n) is 1.93. The molecule has 0 aliphatic heterocycles. The van der Waals surface area contributed by atoms with Crippen LogP contribution in [0, 0.1) is 0 Å². The molecule has 0 radical (unpaired) electrons. The van der Waals surface area contributed by atoms with Crippen molar-refractivity contribution in [2.75, 3.05) is 0 Å². The summed E-state index contributed by atoms with van der Waals surface area (Å²) in [6, 6.07) is 1.91. The highest BCUT2D eigenvalue weighted by molar-refractivity contribution is 5.84. The van der Waals surface area contributed by atoms with E-state index in [1.807, 2.05) is 17.7 Å². The van der Waals surface area contributed by atoms with Crippen molar-refractivity contribution < 1.29 is 4.42 Å². The SMILES string of the molecule is CC(C)c1nc2cc3ncoc3nc2n1C. The molecule has 0 fully saturated rings. The molecule has 0 aromatic carbocycles. The van der Waals surface area contributed by atoms with Crippen molar-refractivity contribution in [1.29, 1.82) is 0 Å². The Morgan fingerprint density at radius 3 is 2.81 bits per heavy atom. The molecule has 0 bridgehead atoms. The molecule has 0 saturated heterocycles. The van der Waals surface area contributed by atoms with Gasteiger partial charge in [0.05, 0.1) is 0 Å². The van der Waals surface area contributed by atoms with Gasteiger partial charge in [0.2, 0.25) is 5.71 Å². The van der Waals surface area contributed by atoms with Crippen LogP contribution in [0.5, 0.6) is 0 Å². The smallest absolute Gasteiger partial charge is 0.248 e. The van der Waals surface area contributed by atoms with Crippen LogP contribution < -0.4 is 0 Å². The van der Waals surface area contributed by atoms with Gasteiger partial charge in [-0.25, -0.2) is 9.97 Å². The second-order valence-electron chi connectivity index (χ2n) is 4.19. The summed E-state index contributed by atoms with van der Waals surface area (Å²) in [4.78, 5) is 13.0. The molecule has 0 aliphatic carbocycles. The first-order valence-corrected chi connectivity index (χ1v) is 5.23. The van der Waals surface area contributed by atoms with Crippen LogP contribution in [-0.4, -0.2) is 19.5 Å². The van der Waals surface area contributed by atoms with Crippen molar-refractivity contribution in [2.24, 2.45) is 7.05 Å². The van der Waals surface area contributed by atoms with Crippen LogP contribution in [0.3, 0.4) is 0 Å². The molecule has 0 N–H and O–H groups in total. The Morgan fingerprint density at radius 2 is 2.06 bits per heavy atom. The van der Waals surface area contributed by atoms with Gasteiger partial charge in [0, 0.05) is 13.0 Å². The number of hydrogen-bond donors (Lipinski definition) is 0. The van der Waals surface area contributed by atoms with Gasteiger partial charge >= 0.3 is 0 Å². The predicted octanol–water partition coefficient (Wildman–Crippen LogP) is 2.23. The number of imidazole rings is 1. The van der Waals surface area contributed by atoms with E-state index in [0.717, 1.165) is 22.5 Å². The molecule has 0 amide bonds. The topological polar surface area (TPSA) is 56.7 Å². The highest BCUT2D eigenvalue weighted by Crippen LogP contribution is 2.22. The molecule has 3 rings (SSSR count). The van der Waals surface area contributed by atoms with Crippen LogP contribution in [0.15, 0.2) is 16.9 Å². The highest BCUT2D eigenvalue weighted by atomic mass is 16.3. The van der Waals surface area contributed by atoms with E-state index < -0.39 is 0 Å². The van der Waals surface area contributed by atoms with E-state index in [1.165, 1.54) is 6.39 Å². The molecule has 3 aromatic heterocycles. The molecule has 3 heterocycles. The summed E-state index contributed by atoms with van der Waals surface area (Å²) >= 11 is 0. The largest absolute Gasteiger partial charge is 0.425 e. The Hall–Kier alpha value is -1.91. The van der Waals surface area contributed by atoms with E-state index in [4.69, 9.17) is 4.42 Å². The number of hydrogen-bond acceptors (Lipinski definition) is 4. The molecule has 16 heavy (non-hydrogen) atoms. The van der Waals surface area contributed by atoms with Crippen molar-refractivity contribution in [1.82, 2.24) is 19.5 Å². The number of aryl methyl sites for hydroxylation is 1. The summed E-state index contributed by atoms with van der Waals surface area (Å²) in [5.74, 6) is 1.40. The van der Waals surface area contributed by atoms with Gasteiger partial charge in [-0.3, -0.25) is 0 Å². The minimum Gasteiger partial charge on any atom is -0.425 e. The highest BCUT2D eigenvalue weighted by Gasteiger charge is 2.13. The second kappa shape index (κ2) is 3.04. The minimum absolute atomic E-state index is 0.374. The lowest BCUT2D eigenvalue weighted by atomic mass is 10.2. The number of oxazole rings is 1. The van der Waals surface area contributed by atoms with Gasteiger partial charge < -0.3 is 8.98 Å². The number of pyridine rings is 1. The summed E-state index contributed by atoms with van der Waals surface area (Å²) in [7, 11) is 1.97. The van der Waals surface area contributed by atoms with E-state index >= 15 is 0 Å². The first kappa shape index (κ1) is 9.33. The Kier molecular flexibility index (Phi) is 1.77. The molecule has 0 atom stereocenters. The molecular formula is C11H12N4O. The van der Waals surface area contributed by atoms with Crippen LogP contribution in [0.25, 0.3) is 22.4 Å². The Balaban J connectivity index is 2.41. The van der Waals surface area contributed by atoms with E-state index in [0.29, 0.717) is 11.6 Å². The van der Waals surface area contributed by atoms with E-state index in [9.17, 15) is 0 Å². The summed E-state index contributed by atoms with van der Waals surface area (Å²) < 4.78 is 7.19. The maximum atomic E-state index is 5.19. The van der Waals surface area contributed by atoms with Crippen LogP contribution in [-0.2, 0) is 7.05 Å². The fourth-order valence-corrected chi connectivity index (χ4v) is 1.93. The molecule has 5 nitrogen and oxygen atoms in total. The van der Waals surface area contributed by atoms with Gasteiger partial charge in [-0.15, -0.1) is 0 Å². The third-order valence-corrected chi connectivity index (χ3v) is 2.70. The summed E-state index contributed by atoms with van der Waals surface area (Å²) in [5.41, 5.74) is 3.02. The van der Waals surface area contributed by atoms with Crippen LogP contribution in [0.2, 0.25) is 0 Å². The zero-order valence-electron chi connectivity index (χ0n) is 9.43. The van der Waals surface area contributed by atoms with Crippen molar-refractivity contribution in [3.05, 3.63) is 18.3 Å². The van der Waals surface area contributed by atoms with Gasteiger partial charge in [0.1, 0.15) is 16.9 Å². The lowest BCUT2D eigenvalue weighted by Gasteiger charge is -2.03. The van der Waals surface area contributed by atoms with Crippen molar-refractivity contribution in [3.63, 3.8) is 0 Å². The lowest BCUT2D eigenvalue weighted by molar-refractivity contribution is 0.591. The fraction of sp³-hybridized carbons (Fsp3) is 0.364. The van der Waals surface area contributed by atoms with Gasteiger partial charge in [-0.05, 0) is 6.07 Å². The van der Waals surface area contributed by atoms with Gasteiger partial charge in [-0.1, -0.05) is 13.8 Å². The molecule has 0 spiro atoms. The standard InChI is InChI=1S/C11H12N4O/c1-6(2)9-13-7-4-8-11(16-5-12-8)14-10(7)15(9)3/h4-6H,1-3H3. The minimum atomic E-state index is 0.374. The third kappa shape index (κ3) is 1.14. The zero-order valence-corrected chi connectivity index (χ0v) is 9.43. The number of rotatable bonds is 1. The monoisotopic (exact) mass is 216 g/mol. The number of nitrogens with zero attached hydrogens (tertiary/aromatic N) is 4. The number of fused-ring (bicyclic) bond motifs is 2. The van der Waals surface area contributed by atoms with Gasteiger partial charge in [0.15, 0.2) is 12.0 Å². The predicted molar refractivity (Wildman–Crippen MR) is 60.2 cm³/mol. The third-order valence-electron chi connectivity index (χ3n) is 2.70. The Morgan fingerprint density at radius 1 is 1.25 bits per heavy atom. The normalized spacial score (nSPS) is 12.0. The van der Waals surface area contributed by atoms with Gasteiger partial charge in [-0.2, -0.15) is 4.98 Å². The van der Waals surface area contributed by atoms with Crippen LogP contribution in [0.1, 0.15) is 25.6 Å². The summed E-state index contributed by atoms with van der Waals surface area (Å²) in [6.07, 6.45) is 1.40. The van der Waals surface area contributed by atoms with E-state index in [-0.39, 0.29) is 0 Å². The molecule has 0 aliphatic rings. The van der Waals surface area contributed by atoms with Crippen molar-refractivity contribution in [2.45, 2.75) is 19.8 Å². The van der Waals surface area contributed by atoms with Crippen molar-refractivity contribution >= 4 is 22.4 Å². The maximum absolute atomic E-state index is 5.19. The maximum Gasteiger partial charge on any atom is 0.248 e. The van der Waals surface area contributed by atoms with Crippen LogP contribution in [0.4, 0.5) is 0 Å². The Labute approximate surface area is 92.1 Å². The molecular weight excluding hydrogens is 204 g/mol. The van der Waals surface area contributed by atoms with E-state index in [1.54, 1.807) is 0 Å². The first-order chi connectivity index (χ1) is 7.66. The molecule has 5 heteroatoms. The van der Waals surface area contributed by atoms with Crippen LogP contribution >= 0.6 is 0 Å². The number of aromatic nitrogens is 4.